The zero-order valence-corrected chi connectivity index (χ0v) is 8.05. The summed E-state index contributed by atoms with van der Waals surface area (Å²) >= 11 is 0. The fourth-order valence-corrected chi connectivity index (χ4v) is 1.74. The van der Waals surface area contributed by atoms with Crippen molar-refractivity contribution in [3.05, 3.63) is 0 Å². The monoisotopic (exact) mass is 157 g/mol. The number of hydrogen-bond acceptors (Lipinski definition) is 2. The lowest BCUT2D eigenvalue weighted by molar-refractivity contribution is -0.0559. The van der Waals surface area contributed by atoms with Gasteiger partial charge >= 0.3 is 0 Å². The Balaban J connectivity index is 2.26. The highest BCUT2D eigenvalue weighted by atomic mass is 16.5. The number of nitrogens with zero attached hydrogens (tertiary/aromatic N) is 1. The van der Waals surface area contributed by atoms with Gasteiger partial charge in [-0.25, -0.2) is 0 Å². The maximum atomic E-state index is 5.15. The summed E-state index contributed by atoms with van der Waals surface area (Å²) in [6.07, 6.45) is 0. The molecular weight excluding hydrogens is 138 g/mol. The first-order valence-corrected chi connectivity index (χ1v) is 4.30. The molecular formula is C9H19NO. The van der Waals surface area contributed by atoms with E-state index >= 15 is 0 Å². The van der Waals surface area contributed by atoms with Crippen molar-refractivity contribution in [1.82, 2.24) is 4.90 Å². The maximum Gasteiger partial charge on any atom is 0.0540 e. The van der Waals surface area contributed by atoms with Gasteiger partial charge in [0.25, 0.3) is 0 Å². The van der Waals surface area contributed by atoms with E-state index in [-0.39, 0.29) is 0 Å². The lowest BCUT2D eigenvalue weighted by Crippen LogP contribution is -2.59. The van der Waals surface area contributed by atoms with Gasteiger partial charge in [-0.3, -0.25) is 4.90 Å². The quantitative estimate of drug-likeness (QED) is 0.613. The van der Waals surface area contributed by atoms with Crippen LogP contribution in [0.4, 0.5) is 0 Å². The van der Waals surface area contributed by atoms with Gasteiger partial charge in [0, 0.05) is 31.7 Å². The smallest absolute Gasteiger partial charge is 0.0540 e. The number of rotatable bonds is 3. The Bertz CT molecular complexity index is 128. The Morgan fingerprint density at radius 1 is 1.45 bits per heavy atom. The SMILES string of the molecule is COCC1(C)CN(C(C)C)C1. The molecule has 1 saturated heterocycles. The molecule has 1 rings (SSSR count). The Hall–Kier alpha value is -0.0800. The highest BCUT2D eigenvalue weighted by molar-refractivity contribution is 4.92. The van der Waals surface area contributed by atoms with E-state index in [1.807, 2.05) is 0 Å². The molecule has 0 saturated carbocycles. The van der Waals surface area contributed by atoms with Gasteiger partial charge in [-0.15, -0.1) is 0 Å². The summed E-state index contributed by atoms with van der Waals surface area (Å²) in [7, 11) is 1.78. The molecule has 0 aliphatic carbocycles. The number of likely N-dealkylation sites (tertiary alicyclic amines) is 1. The van der Waals surface area contributed by atoms with Crippen LogP contribution in [0.3, 0.4) is 0 Å². The fourth-order valence-electron chi connectivity index (χ4n) is 1.74. The predicted molar refractivity (Wildman–Crippen MR) is 46.7 cm³/mol. The third-order valence-electron chi connectivity index (χ3n) is 2.39. The number of hydrogen-bond donors (Lipinski definition) is 0. The molecule has 0 spiro atoms. The van der Waals surface area contributed by atoms with E-state index in [1.54, 1.807) is 7.11 Å². The van der Waals surface area contributed by atoms with E-state index in [2.05, 4.69) is 25.7 Å². The summed E-state index contributed by atoms with van der Waals surface area (Å²) in [5.41, 5.74) is 0.430. The highest BCUT2D eigenvalue weighted by Crippen LogP contribution is 2.31. The largest absolute Gasteiger partial charge is 0.384 e. The molecule has 0 N–H and O–H groups in total. The summed E-state index contributed by atoms with van der Waals surface area (Å²) in [4.78, 5) is 2.47. The van der Waals surface area contributed by atoms with E-state index < -0.39 is 0 Å². The second-order valence-corrected chi connectivity index (χ2v) is 4.24. The third-order valence-corrected chi connectivity index (χ3v) is 2.39. The van der Waals surface area contributed by atoms with Crippen LogP contribution < -0.4 is 0 Å². The normalized spacial score (nSPS) is 23.7. The molecule has 11 heavy (non-hydrogen) atoms. The maximum absolute atomic E-state index is 5.15. The molecule has 1 aliphatic heterocycles. The summed E-state index contributed by atoms with van der Waals surface area (Å²) in [6.45, 7) is 10.1. The van der Waals surface area contributed by atoms with Crippen molar-refractivity contribution in [2.75, 3.05) is 26.8 Å². The lowest BCUT2D eigenvalue weighted by Gasteiger charge is -2.49. The second kappa shape index (κ2) is 3.11. The first-order chi connectivity index (χ1) is 5.07. The van der Waals surface area contributed by atoms with Gasteiger partial charge in [0.1, 0.15) is 0 Å². The van der Waals surface area contributed by atoms with Crippen LogP contribution in [0.15, 0.2) is 0 Å². The molecule has 2 heteroatoms. The van der Waals surface area contributed by atoms with Gasteiger partial charge in [-0.05, 0) is 13.8 Å². The molecule has 0 aromatic rings. The Morgan fingerprint density at radius 3 is 2.36 bits per heavy atom. The van der Waals surface area contributed by atoms with E-state index in [9.17, 15) is 0 Å². The van der Waals surface area contributed by atoms with Gasteiger partial charge < -0.3 is 4.74 Å². The van der Waals surface area contributed by atoms with Crippen molar-refractivity contribution < 1.29 is 4.74 Å². The van der Waals surface area contributed by atoms with Crippen molar-refractivity contribution in [1.29, 1.82) is 0 Å². The highest BCUT2D eigenvalue weighted by Gasteiger charge is 2.39. The molecule has 0 aromatic carbocycles. The molecule has 2 nitrogen and oxygen atoms in total. The minimum atomic E-state index is 0.430. The molecule has 1 aliphatic rings. The predicted octanol–water partition coefficient (Wildman–Crippen LogP) is 1.36. The zero-order chi connectivity index (χ0) is 8.48. The van der Waals surface area contributed by atoms with Crippen LogP contribution in [0.1, 0.15) is 20.8 Å². The Labute approximate surface area is 69.5 Å². The van der Waals surface area contributed by atoms with Crippen molar-refractivity contribution >= 4 is 0 Å². The van der Waals surface area contributed by atoms with E-state index in [0.29, 0.717) is 11.5 Å². The molecule has 1 heterocycles. The Kier molecular flexibility index (Phi) is 2.55. The third kappa shape index (κ3) is 1.94. The van der Waals surface area contributed by atoms with Crippen molar-refractivity contribution in [3.8, 4) is 0 Å². The van der Waals surface area contributed by atoms with Crippen molar-refractivity contribution in [3.63, 3.8) is 0 Å². The molecule has 0 unspecified atom stereocenters. The van der Waals surface area contributed by atoms with Gasteiger partial charge in [0.2, 0.25) is 0 Å². The van der Waals surface area contributed by atoms with Gasteiger partial charge in [-0.2, -0.15) is 0 Å². The van der Waals surface area contributed by atoms with Crippen molar-refractivity contribution in [2.24, 2.45) is 5.41 Å². The fraction of sp³-hybridized carbons (Fsp3) is 1.00. The topological polar surface area (TPSA) is 12.5 Å². The molecule has 0 radical (unpaired) electrons. The summed E-state index contributed by atoms with van der Waals surface area (Å²) < 4.78 is 5.15. The number of methoxy groups -OCH3 is 1. The van der Waals surface area contributed by atoms with Crippen molar-refractivity contribution in [2.45, 2.75) is 26.8 Å². The molecule has 1 fully saturated rings. The van der Waals surface area contributed by atoms with Gasteiger partial charge in [-0.1, -0.05) is 6.92 Å². The van der Waals surface area contributed by atoms with Crippen LogP contribution in [0, 0.1) is 5.41 Å². The van der Waals surface area contributed by atoms with Crippen LogP contribution in [-0.2, 0) is 4.74 Å². The first-order valence-electron chi connectivity index (χ1n) is 4.30. The number of ether oxygens (including phenoxy) is 1. The summed E-state index contributed by atoms with van der Waals surface area (Å²) in [5.74, 6) is 0. The van der Waals surface area contributed by atoms with Crippen LogP contribution in [-0.4, -0.2) is 37.7 Å². The van der Waals surface area contributed by atoms with E-state index in [1.165, 1.54) is 13.1 Å². The van der Waals surface area contributed by atoms with Crippen LogP contribution in [0.2, 0.25) is 0 Å². The van der Waals surface area contributed by atoms with E-state index in [4.69, 9.17) is 4.74 Å². The molecule has 66 valence electrons. The molecule has 0 aromatic heterocycles. The average molecular weight is 157 g/mol. The van der Waals surface area contributed by atoms with E-state index in [0.717, 1.165) is 6.61 Å². The second-order valence-electron chi connectivity index (χ2n) is 4.24. The lowest BCUT2D eigenvalue weighted by atomic mass is 9.82. The first kappa shape index (κ1) is 9.01. The minimum Gasteiger partial charge on any atom is -0.384 e. The standard InChI is InChI=1S/C9H19NO/c1-8(2)10-5-9(3,6-10)7-11-4/h8H,5-7H2,1-4H3. The van der Waals surface area contributed by atoms with Gasteiger partial charge in [0.15, 0.2) is 0 Å². The average Bonchev–Trinajstić information content (AvgIpc) is 1.82. The Morgan fingerprint density at radius 2 is 2.00 bits per heavy atom. The van der Waals surface area contributed by atoms with Crippen LogP contribution >= 0.6 is 0 Å². The summed E-state index contributed by atoms with van der Waals surface area (Å²) in [5, 5.41) is 0. The van der Waals surface area contributed by atoms with Crippen LogP contribution in [0.25, 0.3) is 0 Å². The van der Waals surface area contributed by atoms with Crippen LogP contribution in [0.5, 0.6) is 0 Å². The van der Waals surface area contributed by atoms with Gasteiger partial charge in [0.05, 0.1) is 6.61 Å². The summed E-state index contributed by atoms with van der Waals surface area (Å²) in [6, 6.07) is 0.694. The zero-order valence-electron chi connectivity index (χ0n) is 8.05. The molecule has 0 atom stereocenters. The minimum absolute atomic E-state index is 0.430. The molecule has 0 bridgehead atoms. The molecule has 0 amide bonds.